The molecule has 0 saturated heterocycles. The first-order valence-corrected chi connectivity index (χ1v) is 15.9. The van der Waals surface area contributed by atoms with Crippen molar-refractivity contribution in [2.24, 2.45) is 0 Å². The molecular formula is C30H50O6Si. The van der Waals surface area contributed by atoms with Gasteiger partial charge in [-0.3, -0.25) is 0 Å². The van der Waals surface area contributed by atoms with Gasteiger partial charge in [0.05, 0.1) is 13.2 Å². The average molecular weight is 535 g/mol. The van der Waals surface area contributed by atoms with Crippen LogP contribution < -0.4 is 18.9 Å². The van der Waals surface area contributed by atoms with E-state index in [2.05, 4.69) is 33.9 Å². The maximum atomic E-state index is 8.59. The van der Waals surface area contributed by atoms with E-state index in [1.54, 1.807) is 0 Å². The van der Waals surface area contributed by atoms with E-state index in [1.807, 2.05) is 90.1 Å². The molecule has 0 heterocycles. The number of aliphatic hydroxyl groups is 1. The Morgan fingerprint density at radius 1 is 0.568 bits per heavy atom. The molecule has 0 aromatic heterocycles. The fourth-order valence-electron chi connectivity index (χ4n) is 2.75. The molecule has 0 spiro atoms. The smallest absolute Gasteiger partial charge is 0.192 e. The summed E-state index contributed by atoms with van der Waals surface area (Å²) in [7, 11) is -1.68. The van der Waals surface area contributed by atoms with Gasteiger partial charge in [-0.2, -0.15) is 0 Å². The lowest BCUT2D eigenvalue weighted by Crippen LogP contribution is -2.41. The van der Waals surface area contributed by atoms with Crippen LogP contribution in [0.15, 0.2) is 48.5 Å². The summed E-state index contributed by atoms with van der Waals surface area (Å²) in [6.07, 6.45) is 0. The normalized spacial score (nSPS) is 12.3. The second-order valence-electron chi connectivity index (χ2n) is 12.4. The molecule has 0 unspecified atom stereocenters. The van der Waals surface area contributed by atoms with E-state index in [0.717, 1.165) is 23.0 Å². The summed E-state index contributed by atoms with van der Waals surface area (Å²) in [4.78, 5) is 0. The Morgan fingerprint density at radius 2 is 0.919 bits per heavy atom. The van der Waals surface area contributed by atoms with Crippen LogP contribution in [0.2, 0.25) is 18.1 Å². The second-order valence-corrected chi connectivity index (χ2v) is 17.2. The topological polar surface area (TPSA) is 66.4 Å². The molecule has 6 nitrogen and oxygen atoms in total. The molecule has 2 rings (SSSR count). The Morgan fingerprint density at radius 3 is 1.24 bits per heavy atom. The fourth-order valence-corrected chi connectivity index (χ4v) is 3.78. The fraction of sp³-hybridized carbons (Fsp3) is 0.600. The summed E-state index contributed by atoms with van der Waals surface area (Å²) >= 11 is 0. The van der Waals surface area contributed by atoms with Crippen LogP contribution in [0.3, 0.4) is 0 Å². The summed E-state index contributed by atoms with van der Waals surface area (Å²) in [5.41, 5.74) is -0.368. The molecule has 2 aromatic rings. The van der Waals surface area contributed by atoms with Gasteiger partial charge in [0.1, 0.15) is 47.4 Å². The predicted molar refractivity (Wildman–Crippen MR) is 155 cm³/mol. The van der Waals surface area contributed by atoms with E-state index in [4.69, 9.17) is 28.5 Å². The van der Waals surface area contributed by atoms with Gasteiger partial charge < -0.3 is 28.5 Å². The summed E-state index contributed by atoms with van der Waals surface area (Å²) in [5, 5.41) is 8.82. The quantitative estimate of drug-likeness (QED) is 0.251. The molecule has 0 saturated carbocycles. The van der Waals surface area contributed by atoms with Crippen molar-refractivity contribution in [2.75, 3.05) is 26.4 Å². The number of benzene rings is 2. The molecule has 210 valence electrons. The highest BCUT2D eigenvalue weighted by atomic mass is 28.4. The van der Waals surface area contributed by atoms with Gasteiger partial charge in [-0.25, -0.2) is 0 Å². The minimum Gasteiger partial charge on any atom is -0.491 e. The van der Waals surface area contributed by atoms with Gasteiger partial charge >= 0.3 is 0 Å². The van der Waals surface area contributed by atoms with Crippen LogP contribution >= 0.6 is 0 Å². The Balaban J connectivity index is 0.000000397. The zero-order valence-corrected chi connectivity index (χ0v) is 25.9. The van der Waals surface area contributed by atoms with E-state index in [0.29, 0.717) is 19.8 Å². The largest absolute Gasteiger partial charge is 0.491 e. The maximum Gasteiger partial charge on any atom is 0.192 e. The summed E-state index contributed by atoms with van der Waals surface area (Å²) in [6, 6.07) is 15.1. The Bertz CT molecular complexity index is 888. The molecule has 2 aromatic carbocycles. The Kier molecular flexibility index (Phi) is 12.5. The zero-order chi connectivity index (χ0) is 28.3. The van der Waals surface area contributed by atoms with Gasteiger partial charge in [-0.15, -0.1) is 0 Å². The minimum absolute atomic E-state index is 0.0280. The summed E-state index contributed by atoms with van der Waals surface area (Å²) in [6.45, 7) is 24.9. The lowest BCUT2D eigenvalue weighted by Gasteiger charge is -2.36. The van der Waals surface area contributed by atoms with Gasteiger partial charge in [0.2, 0.25) is 0 Å². The third kappa shape index (κ3) is 14.3. The SMILES string of the molecule is CC(C)(C)Oc1ccc(OCCO)cc1.CC(C)(C)Oc1ccc(OCCO[Si](C)(C)C(C)(C)C)cc1. The van der Waals surface area contributed by atoms with Crippen LogP contribution in [-0.2, 0) is 4.43 Å². The standard InChI is InChI=1S/C18H32O3Si.C12H18O3/c1-17(2,3)21-16-11-9-15(10-12-16)19-13-14-20-22(7,8)18(4,5)6;1-12(2,3)15-11-6-4-10(5-7-11)14-9-8-13/h9-12H,13-14H2,1-8H3;4-7,13H,8-9H2,1-3H3. The van der Waals surface area contributed by atoms with Gasteiger partial charge in [0, 0.05) is 0 Å². The van der Waals surface area contributed by atoms with Crippen molar-refractivity contribution in [3.63, 3.8) is 0 Å². The first-order chi connectivity index (χ1) is 16.9. The van der Waals surface area contributed by atoms with Gasteiger partial charge in [-0.1, -0.05) is 20.8 Å². The van der Waals surface area contributed by atoms with Crippen LogP contribution in [0.25, 0.3) is 0 Å². The van der Waals surface area contributed by atoms with Crippen molar-refractivity contribution in [1.29, 1.82) is 0 Å². The van der Waals surface area contributed by atoms with Crippen molar-refractivity contribution >= 4 is 8.32 Å². The summed E-state index contributed by atoms with van der Waals surface area (Å²) in [5.74, 6) is 3.27. The monoisotopic (exact) mass is 534 g/mol. The second kappa shape index (κ2) is 14.1. The predicted octanol–water partition coefficient (Wildman–Crippen LogP) is 7.50. The van der Waals surface area contributed by atoms with E-state index in [9.17, 15) is 0 Å². The van der Waals surface area contributed by atoms with E-state index in [1.165, 1.54) is 0 Å². The van der Waals surface area contributed by atoms with Crippen LogP contribution in [0.1, 0.15) is 62.3 Å². The molecule has 7 heteroatoms. The first-order valence-electron chi connectivity index (χ1n) is 13.0. The van der Waals surface area contributed by atoms with Crippen molar-refractivity contribution in [3.8, 4) is 23.0 Å². The number of hydrogen-bond acceptors (Lipinski definition) is 6. The molecule has 1 N–H and O–H groups in total. The molecular weight excluding hydrogens is 484 g/mol. The van der Waals surface area contributed by atoms with Crippen molar-refractivity contribution in [1.82, 2.24) is 0 Å². The van der Waals surface area contributed by atoms with Gasteiger partial charge in [-0.05, 0) is 108 Å². The third-order valence-corrected chi connectivity index (χ3v) is 10.0. The molecule has 0 aliphatic rings. The molecule has 0 bridgehead atoms. The van der Waals surface area contributed by atoms with Gasteiger partial charge in [0.15, 0.2) is 8.32 Å². The van der Waals surface area contributed by atoms with Crippen LogP contribution in [0.5, 0.6) is 23.0 Å². The van der Waals surface area contributed by atoms with Crippen molar-refractivity contribution in [2.45, 2.75) is 91.6 Å². The van der Waals surface area contributed by atoms with Crippen LogP contribution in [0, 0.1) is 0 Å². The lowest BCUT2D eigenvalue weighted by atomic mass is 10.2. The average Bonchev–Trinajstić information content (AvgIpc) is 2.75. The highest BCUT2D eigenvalue weighted by Gasteiger charge is 2.36. The molecule has 0 atom stereocenters. The Hall–Kier alpha value is -2.22. The number of aliphatic hydroxyl groups excluding tert-OH is 1. The maximum absolute atomic E-state index is 8.59. The molecule has 0 aliphatic heterocycles. The van der Waals surface area contributed by atoms with Crippen LogP contribution in [0.4, 0.5) is 0 Å². The minimum atomic E-state index is -1.68. The van der Waals surface area contributed by atoms with Crippen LogP contribution in [-0.4, -0.2) is 51.1 Å². The highest BCUT2D eigenvalue weighted by molar-refractivity contribution is 6.74. The molecule has 0 amide bonds. The zero-order valence-electron chi connectivity index (χ0n) is 24.9. The lowest BCUT2D eigenvalue weighted by molar-refractivity contribution is 0.130. The molecule has 0 radical (unpaired) electrons. The first kappa shape index (κ1) is 32.8. The van der Waals surface area contributed by atoms with Crippen molar-refractivity contribution in [3.05, 3.63) is 48.5 Å². The van der Waals surface area contributed by atoms with Gasteiger partial charge in [0.25, 0.3) is 0 Å². The highest BCUT2D eigenvalue weighted by Crippen LogP contribution is 2.36. The number of ether oxygens (including phenoxy) is 4. The van der Waals surface area contributed by atoms with E-state index >= 15 is 0 Å². The number of hydrogen-bond donors (Lipinski definition) is 1. The molecule has 0 fully saturated rings. The molecule has 0 aliphatic carbocycles. The third-order valence-electron chi connectivity index (χ3n) is 5.48. The Labute approximate surface area is 226 Å². The number of rotatable bonds is 10. The van der Waals surface area contributed by atoms with Crippen molar-refractivity contribution < 1.29 is 28.5 Å². The van der Waals surface area contributed by atoms with E-state index in [-0.39, 0.29) is 22.8 Å². The molecule has 37 heavy (non-hydrogen) atoms. The van der Waals surface area contributed by atoms with E-state index < -0.39 is 8.32 Å². The summed E-state index contributed by atoms with van der Waals surface area (Å²) < 4.78 is 28.5.